The highest BCUT2D eigenvalue weighted by atomic mass is 16.5. The molecule has 1 aromatic carbocycles. The van der Waals surface area contributed by atoms with Crippen LogP contribution in [0, 0.1) is 19.8 Å². The summed E-state index contributed by atoms with van der Waals surface area (Å²) in [6, 6.07) is 11.8. The molecule has 0 aliphatic rings. The van der Waals surface area contributed by atoms with Gasteiger partial charge in [0.25, 0.3) is 0 Å². The van der Waals surface area contributed by atoms with Crippen molar-refractivity contribution >= 4 is 11.5 Å². The van der Waals surface area contributed by atoms with E-state index in [-0.39, 0.29) is 12.5 Å². The van der Waals surface area contributed by atoms with Gasteiger partial charge < -0.3 is 15.2 Å². The van der Waals surface area contributed by atoms with E-state index in [0.717, 1.165) is 23.4 Å². The molecule has 0 aliphatic carbocycles. The average molecular weight is 418 g/mol. The number of hydrogen-bond donors (Lipinski definition) is 2. The first-order chi connectivity index (χ1) is 15.1. The van der Waals surface area contributed by atoms with E-state index in [1.165, 1.54) is 11.1 Å². The zero-order valence-corrected chi connectivity index (χ0v) is 18.0. The minimum atomic E-state index is 0.129. The Morgan fingerprint density at radius 1 is 1.13 bits per heavy atom. The third-order valence-corrected chi connectivity index (χ3v) is 5.53. The Morgan fingerprint density at radius 2 is 2.00 bits per heavy atom. The van der Waals surface area contributed by atoms with E-state index in [4.69, 9.17) is 9.72 Å². The molecule has 7 nitrogen and oxygen atoms in total. The third kappa shape index (κ3) is 4.51. The number of aryl methyl sites for hydroxylation is 2. The lowest BCUT2D eigenvalue weighted by Crippen LogP contribution is -2.18. The molecule has 0 radical (unpaired) electrons. The Labute approximate surface area is 181 Å². The zero-order chi connectivity index (χ0) is 21.8. The Hall–Kier alpha value is -3.45. The van der Waals surface area contributed by atoms with Crippen LogP contribution < -0.4 is 10.1 Å². The van der Waals surface area contributed by atoms with Crippen molar-refractivity contribution in [3.63, 3.8) is 0 Å². The summed E-state index contributed by atoms with van der Waals surface area (Å²) < 4.78 is 7.77. The molecular weight excluding hydrogens is 390 g/mol. The highest BCUT2D eigenvalue weighted by Crippen LogP contribution is 2.30. The smallest absolute Gasteiger partial charge is 0.225 e. The monoisotopic (exact) mass is 417 g/mol. The molecule has 0 fully saturated rings. The van der Waals surface area contributed by atoms with Crippen LogP contribution in [-0.4, -0.2) is 37.8 Å². The maximum absolute atomic E-state index is 9.56. The van der Waals surface area contributed by atoms with Gasteiger partial charge in [0.15, 0.2) is 5.65 Å². The number of aromatic nitrogens is 4. The highest BCUT2D eigenvalue weighted by molar-refractivity contribution is 5.79. The van der Waals surface area contributed by atoms with Gasteiger partial charge in [0.2, 0.25) is 5.88 Å². The van der Waals surface area contributed by atoms with E-state index in [2.05, 4.69) is 54.4 Å². The van der Waals surface area contributed by atoms with Gasteiger partial charge in [-0.2, -0.15) is 14.6 Å². The molecule has 0 bridgehead atoms. The predicted octanol–water partition coefficient (Wildman–Crippen LogP) is 4.63. The molecule has 4 rings (SSSR count). The summed E-state index contributed by atoms with van der Waals surface area (Å²) >= 11 is 0. The Kier molecular flexibility index (Phi) is 6.13. The quantitative estimate of drug-likeness (QED) is 0.435. The first kappa shape index (κ1) is 20.8. The number of ether oxygens (including phenoxy) is 1. The average Bonchev–Trinajstić information content (AvgIpc) is 3.21. The molecule has 0 amide bonds. The fourth-order valence-electron chi connectivity index (χ4n) is 3.35. The maximum atomic E-state index is 9.56. The second-order valence-corrected chi connectivity index (χ2v) is 7.70. The van der Waals surface area contributed by atoms with Gasteiger partial charge in [-0.1, -0.05) is 25.1 Å². The lowest BCUT2D eigenvalue weighted by atomic mass is 10.0. The van der Waals surface area contributed by atoms with Gasteiger partial charge >= 0.3 is 0 Å². The van der Waals surface area contributed by atoms with Crippen molar-refractivity contribution in [1.29, 1.82) is 0 Å². The van der Waals surface area contributed by atoms with Crippen molar-refractivity contribution in [1.82, 2.24) is 19.6 Å². The number of anilines is 1. The summed E-state index contributed by atoms with van der Waals surface area (Å²) in [4.78, 5) is 8.85. The summed E-state index contributed by atoms with van der Waals surface area (Å²) in [7, 11) is 0. The van der Waals surface area contributed by atoms with E-state index < -0.39 is 0 Å². The summed E-state index contributed by atoms with van der Waals surface area (Å²) in [6.07, 6.45) is 6.06. The molecule has 0 spiro atoms. The fourth-order valence-corrected chi connectivity index (χ4v) is 3.35. The van der Waals surface area contributed by atoms with Gasteiger partial charge in [-0.15, -0.1) is 0 Å². The highest BCUT2D eigenvalue weighted by Gasteiger charge is 2.16. The number of pyridine rings is 1. The first-order valence-electron chi connectivity index (χ1n) is 10.5. The maximum Gasteiger partial charge on any atom is 0.225 e. The molecule has 160 valence electrons. The molecule has 0 saturated carbocycles. The Balaban J connectivity index is 1.78. The summed E-state index contributed by atoms with van der Waals surface area (Å²) in [5.41, 5.74) is 5.13. The first-order valence-corrected chi connectivity index (χ1v) is 10.5. The number of rotatable bonds is 8. The van der Waals surface area contributed by atoms with Crippen LogP contribution in [0.15, 0.2) is 55.0 Å². The minimum Gasteiger partial charge on any atom is -0.437 e. The summed E-state index contributed by atoms with van der Waals surface area (Å²) in [6.45, 7) is 7.01. The van der Waals surface area contributed by atoms with Crippen LogP contribution >= 0.6 is 0 Å². The number of hydrogen-bond acceptors (Lipinski definition) is 6. The van der Waals surface area contributed by atoms with Crippen LogP contribution in [0.2, 0.25) is 0 Å². The molecule has 4 aromatic rings. The molecule has 0 aliphatic heterocycles. The van der Waals surface area contributed by atoms with Crippen molar-refractivity contribution in [2.45, 2.75) is 27.2 Å². The topological polar surface area (TPSA) is 84.6 Å². The molecule has 1 unspecified atom stereocenters. The third-order valence-electron chi connectivity index (χ3n) is 5.53. The molecule has 2 N–H and O–H groups in total. The summed E-state index contributed by atoms with van der Waals surface area (Å²) in [5.74, 6) is 1.97. The van der Waals surface area contributed by atoms with Crippen molar-refractivity contribution < 1.29 is 9.84 Å². The van der Waals surface area contributed by atoms with E-state index in [9.17, 15) is 5.11 Å². The number of benzene rings is 1. The van der Waals surface area contributed by atoms with Gasteiger partial charge in [0, 0.05) is 31.0 Å². The van der Waals surface area contributed by atoms with E-state index in [0.29, 0.717) is 23.8 Å². The van der Waals surface area contributed by atoms with E-state index in [1.807, 2.05) is 24.4 Å². The van der Waals surface area contributed by atoms with Crippen molar-refractivity contribution in [2.75, 3.05) is 18.5 Å². The molecule has 0 saturated heterocycles. The molecular formula is C24H27N5O2. The summed E-state index contributed by atoms with van der Waals surface area (Å²) in [5, 5.41) is 17.6. The van der Waals surface area contributed by atoms with Crippen molar-refractivity contribution in [3.05, 3.63) is 66.1 Å². The van der Waals surface area contributed by atoms with Crippen LogP contribution in [0.25, 0.3) is 16.8 Å². The van der Waals surface area contributed by atoms with Gasteiger partial charge in [0.05, 0.1) is 12.4 Å². The van der Waals surface area contributed by atoms with Crippen LogP contribution in [0.3, 0.4) is 0 Å². The molecule has 1 atom stereocenters. The Bertz CT molecular complexity index is 1170. The van der Waals surface area contributed by atoms with Gasteiger partial charge in [0.1, 0.15) is 11.6 Å². The largest absolute Gasteiger partial charge is 0.437 e. The lowest BCUT2D eigenvalue weighted by Gasteiger charge is -2.15. The lowest BCUT2D eigenvalue weighted by molar-refractivity contribution is 0.230. The second kappa shape index (κ2) is 9.14. The molecule has 31 heavy (non-hydrogen) atoms. The SMILES string of the molecule is CCC(CO)CNc1cc(Oc2cccnc2)nc2c(-c3ccc(C)c(C)c3)cnn12. The van der Waals surface area contributed by atoms with Crippen molar-refractivity contribution in [2.24, 2.45) is 5.92 Å². The zero-order valence-electron chi connectivity index (χ0n) is 18.0. The second-order valence-electron chi connectivity index (χ2n) is 7.70. The van der Waals surface area contributed by atoms with Crippen molar-refractivity contribution in [3.8, 4) is 22.8 Å². The minimum absolute atomic E-state index is 0.129. The molecule has 3 heterocycles. The normalized spacial score (nSPS) is 12.1. The van der Waals surface area contributed by atoms with Crippen LogP contribution in [-0.2, 0) is 0 Å². The van der Waals surface area contributed by atoms with Gasteiger partial charge in [-0.05, 0) is 55.0 Å². The number of aliphatic hydroxyl groups is 1. The van der Waals surface area contributed by atoms with Crippen LogP contribution in [0.4, 0.5) is 5.82 Å². The van der Waals surface area contributed by atoms with Gasteiger partial charge in [-0.25, -0.2) is 0 Å². The number of nitrogens with zero attached hydrogens (tertiary/aromatic N) is 4. The standard InChI is InChI=1S/C24H27N5O2/c1-4-18(15-30)12-26-22-11-23(31-20-6-5-9-25-13-20)28-24-21(14-27-29(22)24)19-8-7-16(2)17(3)10-19/h5-11,13-14,18,26,30H,4,12,15H2,1-3H3. The van der Waals surface area contributed by atoms with E-state index >= 15 is 0 Å². The molecule has 7 heteroatoms. The molecule has 3 aromatic heterocycles. The predicted molar refractivity (Wildman–Crippen MR) is 122 cm³/mol. The Morgan fingerprint density at radius 3 is 2.71 bits per heavy atom. The van der Waals surface area contributed by atoms with E-state index in [1.54, 1.807) is 16.9 Å². The number of aliphatic hydroxyl groups excluding tert-OH is 1. The number of fused-ring (bicyclic) bond motifs is 1. The van der Waals surface area contributed by atoms with Crippen LogP contribution in [0.5, 0.6) is 11.6 Å². The van der Waals surface area contributed by atoms with Gasteiger partial charge in [-0.3, -0.25) is 4.98 Å². The fraction of sp³-hybridized carbons (Fsp3) is 0.292. The number of nitrogens with one attached hydrogen (secondary N) is 1. The van der Waals surface area contributed by atoms with Crippen LogP contribution in [0.1, 0.15) is 24.5 Å².